The fourth-order valence-electron chi connectivity index (χ4n) is 2.90. The number of alkyl halides is 3. The van der Waals surface area contributed by atoms with E-state index >= 15 is 0 Å². The van der Waals surface area contributed by atoms with Gasteiger partial charge in [-0.3, -0.25) is 9.59 Å². The molecule has 186 valence electrons. The zero-order valence-electron chi connectivity index (χ0n) is 17.7. The van der Waals surface area contributed by atoms with Crippen LogP contribution < -0.4 is 32.3 Å². The summed E-state index contributed by atoms with van der Waals surface area (Å²) in [5, 5.41) is -0.337. The SMILES string of the molecule is CCC(Oc1ncccc1Oc1cc(-n2c(=O)cc(C(F)(F)F)n(N)c2=O)c(F)cc1Cl)C(N)=O. The molecule has 1 aromatic carbocycles. The molecular weight excluding hydrogens is 502 g/mol. The van der Waals surface area contributed by atoms with Crippen molar-refractivity contribution >= 4 is 17.5 Å². The standard InChI is InChI=1S/C20H16ClF4N5O5/c1-2-12(17(26)32)35-18-13(4-3-5-28-18)34-14-7-11(10(22)6-9(14)21)29-16(31)8-15(20(23,24)25)30(27)19(29)33/h3-8,12H,2,27H2,1H3,(H2,26,32). The van der Waals surface area contributed by atoms with Crippen molar-refractivity contribution in [1.29, 1.82) is 0 Å². The number of aromatic nitrogens is 3. The fourth-order valence-corrected chi connectivity index (χ4v) is 3.09. The average Bonchev–Trinajstić information content (AvgIpc) is 2.77. The number of hydrogen-bond donors (Lipinski definition) is 2. The first-order valence-corrected chi connectivity index (χ1v) is 10.0. The number of pyridine rings is 1. The predicted octanol–water partition coefficient (Wildman–Crippen LogP) is 2.35. The summed E-state index contributed by atoms with van der Waals surface area (Å²) in [5.74, 6) is 2.57. The highest BCUT2D eigenvalue weighted by Gasteiger charge is 2.36. The lowest BCUT2D eigenvalue weighted by atomic mass is 10.2. The van der Waals surface area contributed by atoms with Crippen molar-refractivity contribution < 1.29 is 31.8 Å². The van der Waals surface area contributed by atoms with Crippen LogP contribution in [0.4, 0.5) is 17.6 Å². The third-order valence-corrected chi connectivity index (χ3v) is 4.86. The molecular formula is C20H16ClF4N5O5. The maximum atomic E-state index is 14.7. The van der Waals surface area contributed by atoms with Gasteiger partial charge in [-0.2, -0.15) is 13.2 Å². The molecule has 0 saturated heterocycles. The van der Waals surface area contributed by atoms with Crippen LogP contribution in [0.1, 0.15) is 19.0 Å². The number of rotatable bonds is 7. The maximum Gasteiger partial charge on any atom is 0.433 e. The summed E-state index contributed by atoms with van der Waals surface area (Å²) < 4.78 is 64.6. The predicted molar refractivity (Wildman–Crippen MR) is 115 cm³/mol. The van der Waals surface area contributed by atoms with E-state index in [-0.39, 0.29) is 44.1 Å². The number of halogens is 5. The lowest BCUT2D eigenvalue weighted by Crippen LogP contribution is -2.45. The molecule has 0 aliphatic heterocycles. The van der Waals surface area contributed by atoms with Gasteiger partial charge in [0.2, 0.25) is 0 Å². The molecule has 1 atom stereocenters. The number of nitrogens with two attached hydrogens (primary N) is 2. The van der Waals surface area contributed by atoms with Crippen LogP contribution in [0.3, 0.4) is 0 Å². The highest BCUT2D eigenvalue weighted by atomic mass is 35.5. The third-order valence-electron chi connectivity index (χ3n) is 4.57. The van der Waals surface area contributed by atoms with Crippen molar-refractivity contribution in [2.45, 2.75) is 25.6 Å². The molecule has 10 nitrogen and oxygen atoms in total. The summed E-state index contributed by atoms with van der Waals surface area (Å²) in [6.45, 7) is 1.63. The quantitative estimate of drug-likeness (QED) is 0.361. The number of benzene rings is 1. The lowest BCUT2D eigenvalue weighted by Gasteiger charge is -2.17. The van der Waals surface area contributed by atoms with Gasteiger partial charge < -0.3 is 21.1 Å². The Bertz CT molecular complexity index is 1410. The lowest BCUT2D eigenvalue weighted by molar-refractivity contribution is -0.143. The van der Waals surface area contributed by atoms with Gasteiger partial charge in [0.25, 0.3) is 17.3 Å². The van der Waals surface area contributed by atoms with Crippen molar-refractivity contribution in [3.63, 3.8) is 0 Å². The van der Waals surface area contributed by atoms with Gasteiger partial charge in [-0.15, -0.1) is 0 Å². The smallest absolute Gasteiger partial charge is 0.433 e. The van der Waals surface area contributed by atoms with Gasteiger partial charge in [-0.25, -0.2) is 23.4 Å². The van der Waals surface area contributed by atoms with Crippen molar-refractivity contribution in [1.82, 2.24) is 14.2 Å². The van der Waals surface area contributed by atoms with E-state index in [1.54, 1.807) is 6.92 Å². The highest BCUT2D eigenvalue weighted by Crippen LogP contribution is 2.36. The molecule has 2 heterocycles. The van der Waals surface area contributed by atoms with Crippen LogP contribution in [0, 0.1) is 5.82 Å². The maximum absolute atomic E-state index is 14.7. The molecule has 0 radical (unpaired) electrons. The van der Waals surface area contributed by atoms with Crippen LogP contribution >= 0.6 is 11.6 Å². The molecule has 0 spiro atoms. The highest BCUT2D eigenvalue weighted by molar-refractivity contribution is 6.32. The number of amides is 1. The molecule has 1 unspecified atom stereocenters. The molecule has 3 aromatic rings. The number of nitrogen functional groups attached to an aromatic ring is 1. The van der Waals surface area contributed by atoms with E-state index < -0.39 is 46.6 Å². The monoisotopic (exact) mass is 517 g/mol. The molecule has 35 heavy (non-hydrogen) atoms. The number of carbonyl (C=O) groups is 1. The van der Waals surface area contributed by atoms with Crippen molar-refractivity contribution in [2.24, 2.45) is 5.73 Å². The molecule has 4 N–H and O–H groups in total. The largest absolute Gasteiger partial charge is 0.462 e. The van der Waals surface area contributed by atoms with E-state index in [9.17, 15) is 31.9 Å². The molecule has 1 amide bonds. The molecule has 15 heteroatoms. The molecule has 0 aliphatic carbocycles. The summed E-state index contributed by atoms with van der Waals surface area (Å²) in [6, 6.07) is 4.30. The van der Waals surface area contributed by atoms with E-state index in [1.165, 1.54) is 18.3 Å². The second kappa shape index (κ2) is 9.66. The molecule has 0 saturated carbocycles. The number of ether oxygens (including phenoxy) is 2. The summed E-state index contributed by atoms with van der Waals surface area (Å²) in [4.78, 5) is 40.2. The molecule has 3 rings (SSSR count). The first-order chi connectivity index (χ1) is 16.3. The normalized spacial score (nSPS) is 12.3. The first kappa shape index (κ1) is 25.6. The minimum Gasteiger partial charge on any atom is -0.462 e. The van der Waals surface area contributed by atoms with Gasteiger partial charge in [0.15, 0.2) is 17.5 Å². The number of primary amides is 1. The van der Waals surface area contributed by atoms with Crippen LogP contribution in [0.2, 0.25) is 5.02 Å². The van der Waals surface area contributed by atoms with Gasteiger partial charge in [-0.1, -0.05) is 18.5 Å². The van der Waals surface area contributed by atoms with E-state index in [1.807, 2.05) is 0 Å². The second-order valence-electron chi connectivity index (χ2n) is 6.91. The van der Waals surface area contributed by atoms with Crippen LogP contribution in [-0.4, -0.2) is 26.2 Å². The van der Waals surface area contributed by atoms with Crippen molar-refractivity contribution in [3.05, 3.63) is 73.9 Å². The van der Waals surface area contributed by atoms with E-state index in [0.29, 0.717) is 6.07 Å². The van der Waals surface area contributed by atoms with E-state index in [0.717, 1.165) is 6.07 Å². The second-order valence-corrected chi connectivity index (χ2v) is 7.32. The van der Waals surface area contributed by atoms with Crippen LogP contribution in [0.25, 0.3) is 5.69 Å². The first-order valence-electron chi connectivity index (χ1n) is 9.64. The fraction of sp³-hybridized carbons (Fsp3) is 0.200. The minimum absolute atomic E-state index is 0.0394. The molecule has 0 aliphatic rings. The van der Waals surface area contributed by atoms with Crippen LogP contribution in [0.5, 0.6) is 17.4 Å². The summed E-state index contributed by atoms with van der Waals surface area (Å²) >= 11 is 6.03. The van der Waals surface area contributed by atoms with Gasteiger partial charge >= 0.3 is 11.9 Å². The number of carbonyl (C=O) groups excluding carboxylic acids is 1. The summed E-state index contributed by atoms with van der Waals surface area (Å²) in [5.41, 5.74) is -0.436. The Hall–Kier alpha value is -4.07. The summed E-state index contributed by atoms with van der Waals surface area (Å²) in [6.07, 6.45) is -4.65. The van der Waals surface area contributed by atoms with Gasteiger partial charge in [-0.05, 0) is 24.6 Å². The molecule has 0 bridgehead atoms. The van der Waals surface area contributed by atoms with E-state index in [4.69, 9.17) is 32.7 Å². The Balaban J connectivity index is 2.11. The minimum atomic E-state index is -5.11. The topological polar surface area (TPSA) is 144 Å². The van der Waals surface area contributed by atoms with Gasteiger partial charge in [0, 0.05) is 18.3 Å². The summed E-state index contributed by atoms with van der Waals surface area (Å²) in [7, 11) is 0. The zero-order chi connectivity index (χ0) is 26.1. The van der Waals surface area contributed by atoms with Crippen molar-refractivity contribution in [2.75, 3.05) is 5.84 Å². The Labute approximate surface area is 198 Å². The molecule has 2 aromatic heterocycles. The Morgan fingerprint density at radius 3 is 2.51 bits per heavy atom. The van der Waals surface area contributed by atoms with Crippen molar-refractivity contribution in [3.8, 4) is 23.1 Å². The molecule has 0 fully saturated rings. The van der Waals surface area contributed by atoms with Crippen LogP contribution in [-0.2, 0) is 11.0 Å². The van der Waals surface area contributed by atoms with Gasteiger partial charge in [0.1, 0.15) is 11.6 Å². The average molecular weight is 518 g/mol. The zero-order valence-corrected chi connectivity index (χ0v) is 18.4. The number of hydrogen-bond acceptors (Lipinski definition) is 7. The number of nitrogens with zero attached hydrogens (tertiary/aromatic N) is 3. The Morgan fingerprint density at radius 2 is 1.91 bits per heavy atom. The Kier molecular flexibility index (Phi) is 7.05. The van der Waals surface area contributed by atoms with Gasteiger partial charge in [0.05, 0.1) is 10.7 Å². The Morgan fingerprint density at radius 1 is 1.23 bits per heavy atom. The van der Waals surface area contributed by atoms with Crippen LogP contribution in [0.15, 0.2) is 46.1 Å². The third kappa shape index (κ3) is 5.21. The van der Waals surface area contributed by atoms with E-state index in [2.05, 4.69) is 4.98 Å².